The smallest absolute Gasteiger partial charge is 0.293 e. The molecule has 6 nitrogen and oxygen atoms in total. The Kier molecular flexibility index (Phi) is 6.21. The van der Waals surface area contributed by atoms with Gasteiger partial charge in [0.25, 0.3) is 5.56 Å². The van der Waals surface area contributed by atoms with Gasteiger partial charge in [0.1, 0.15) is 0 Å². The zero-order valence-electron chi connectivity index (χ0n) is 11.7. The van der Waals surface area contributed by atoms with Crippen molar-refractivity contribution in [3.63, 3.8) is 0 Å². The van der Waals surface area contributed by atoms with Crippen LogP contribution in [0.1, 0.15) is 32.7 Å². The van der Waals surface area contributed by atoms with Gasteiger partial charge < -0.3 is 14.6 Å². The van der Waals surface area contributed by atoms with Gasteiger partial charge in [0.15, 0.2) is 11.6 Å². The first-order valence-corrected chi connectivity index (χ1v) is 6.42. The quantitative estimate of drug-likeness (QED) is 0.717. The molecule has 0 fully saturated rings. The molecule has 1 N–H and O–H groups in total. The van der Waals surface area contributed by atoms with Gasteiger partial charge in [0.05, 0.1) is 6.04 Å². The van der Waals surface area contributed by atoms with Crippen LogP contribution in [0.25, 0.3) is 0 Å². The minimum absolute atomic E-state index is 0.0267. The molecule has 19 heavy (non-hydrogen) atoms. The summed E-state index contributed by atoms with van der Waals surface area (Å²) in [6, 6.07) is -0.421. The summed E-state index contributed by atoms with van der Waals surface area (Å²) in [5.74, 6) is 0.249. The molecule has 6 heteroatoms. The Bertz CT molecular complexity index is 470. The summed E-state index contributed by atoms with van der Waals surface area (Å²) < 4.78 is 6.37. The highest BCUT2D eigenvalue weighted by Gasteiger charge is 2.16. The van der Waals surface area contributed by atoms with E-state index in [1.807, 2.05) is 6.92 Å². The predicted octanol–water partition coefficient (Wildman–Crippen LogP) is 1.23. The van der Waals surface area contributed by atoms with Gasteiger partial charge >= 0.3 is 0 Å². The Morgan fingerprint density at radius 1 is 1.58 bits per heavy atom. The minimum Gasteiger partial charge on any atom is -0.385 e. The molecule has 106 valence electrons. The first-order valence-electron chi connectivity index (χ1n) is 6.42. The van der Waals surface area contributed by atoms with Crippen molar-refractivity contribution in [1.29, 1.82) is 0 Å². The van der Waals surface area contributed by atoms with Crippen molar-refractivity contribution in [2.45, 2.75) is 32.7 Å². The molecular weight excluding hydrogens is 246 g/mol. The van der Waals surface area contributed by atoms with Crippen molar-refractivity contribution in [3.8, 4) is 0 Å². The number of hydrogen-bond acceptors (Lipinski definition) is 5. The number of hydrogen-bond donors (Lipinski definition) is 1. The third kappa shape index (κ3) is 4.17. The minimum atomic E-state index is -0.421. The largest absolute Gasteiger partial charge is 0.385 e. The van der Waals surface area contributed by atoms with E-state index in [4.69, 9.17) is 4.74 Å². The first-order chi connectivity index (χ1) is 9.11. The van der Waals surface area contributed by atoms with Crippen LogP contribution in [0.15, 0.2) is 17.2 Å². The number of carbonyl (C=O) groups is 1. The van der Waals surface area contributed by atoms with Gasteiger partial charge in [-0.05, 0) is 19.8 Å². The molecule has 0 radical (unpaired) electrons. The monoisotopic (exact) mass is 267 g/mol. The Morgan fingerprint density at radius 2 is 2.32 bits per heavy atom. The Hall–Kier alpha value is -1.69. The fraction of sp³-hybridized carbons (Fsp3) is 0.615. The van der Waals surface area contributed by atoms with E-state index in [-0.39, 0.29) is 17.2 Å². The lowest BCUT2D eigenvalue weighted by Gasteiger charge is -2.15. The van der Waals surface area contributed by atoms with E-state index in [2.05, 4.69) is 10.3 Å². The molecule has 0 bridgehead atoms. The number of rotatable bonds is 8. The van der Waals surface area contributed by atoms with Crippen LogP contribution >= 0.6 is 0 Å². The summed E-state index contributed by atoms with van der Waals surface area (Å²) in [7, 11) is 1.63. The van der Waals surface area contributed by atoms with Gasteiger partial charge in [0.2, 0.25) is 0 Å². The van der Waals surface area contributed by atoms with Gasteiger partial charge in [-0.15, -0.1) is 0 Å². The molecule has 1 heterocycles. The maximum absolute atomic E-state index is 12.2. The van der Waals surface area contributed by atoms with Crippen molar-refractivity contribution in [2.75, 3.05) is 25.6 Å². The summed E-state index contributed by atoms with van der Waals surface area (Å²) in [5.41, 5.74) is -0.262. The lowest BCUT2D eigenvalue weighted by molar-refractivity contribution is -0.120. The predicted molar refractivity (Wildman–Crippen MR) is 73.5 cm³/mol. The maximum atomic E-state index is 12.2. The number of ketones is 1. The normalized spacial score (nSPS) is 12.2. The summed E-state index contributed by atoms with van der Waals surface area (Å²) in [6.45, 7) is 4.60. The second-order valence-corrected chi connectivity index (χ2v) is 4.30. The molecule has 1 aromatic rings. The van der Waals surface area contributed by atoms with Crippen molar-refractivity contribution in [1.82, 2.24) is 9.55 Å². The van der Waals surface area contributed by atoms with Gasteiger partial charge in [-0.25, -0.2) is 4.98 Å². The number of anilines is 1. The zero-order chi connectivity index (χ0) is 14.3. The Labute approximate surface area is 112 Å². The average molecular weight is 267 g/mol. The topological polar surface area (TPSA) is 73.2 Å². The van der Waals surface area contributed by atoms with Crippen LogP contribution < -0.4 is 10.9 Å². The Balaban J connectivity index is 2.86. The SMILES string of the molecule is CCC(C(C)=O)n1ccnc(NCCCOC)c1=O. The van der Waals surface area contributed by atoms with Gasteiger partial charge in [-0.2, -0.15) is 0 Å². The number of Topliss-reactive ketones (excluding diaryl/α,β-unsaturated/α-hetero) is 1. The van der Waals surface area contributed by atoms with E-state index in [0.29, 0.717) is 19.6 Å². The van der Waals surface area contributed by atoms with Crippen molar-refractivity contribution in [3.05, 3.63) is 22.7 Å². The summed E-state index contributed by atoms with van der Waals surface area (Å²) >= 11 is 0. The number of nitrogens with one attached hydrogen (secondary N) is 1. The van der Waals surface area contributed by atoms with Crippen LogP contribution in [-0.2, 0) is 9.53 Å². The van der Waals surface area contributed by atoms with Gasteiger partial charge in [-0.1, -0.05) is 6.92 Å². The first kappa shape index (κ1) is 15.4. The molecule has 0 aromatic carbocycles. The molecule has 0 aliphatic heterocycles. The van der Waals surface area contributed by atoms with E-state index in [1.165, 1.54) is 17.7 Å². The van der Waals surface area contributed by atoms with Crippen LogP contribution in [0.2, 0.25) is 0 Å². The molecule has 1 unspecified atom stereocenters. The molecule has 1 aromatic heterocycles. The Morgan fingerprint density at radius 3 is 2.89 bits per heavy atom. The third-order valence-electron chi connectivity index (χ3n) is 2.88. The molecule has 0 saturated carbocycles. The second-order valence-electron chi connectivity index (χ2n) is 4.30. The highest BCUT2D eigenvalue weighted by molar-refractivity contribution is 5.79. The van der Waals surface area contributed by atoms with Crippen LogP contribution in [0.5, 0.6) is 0 Å². The average Bonchev–Trinajstić information content (AvgIpc) is 2.38. The summed E-state index contributed by atoms with van der Waals surface area (Å²) in [6.07, 6.45) is 4.46. The third-order valence-corrected chi connectivity index (χ3v) is 2.88. The van der Waals surface area contributed by atoms with Crippen LogP contribution in [0, 0.1) is 0 Å². The standard InChI is InChI=1S/C13H21N3O3/c1-4-11(10(2)17)16-8-7-15-12(13(16)18)14-6-5-9-19-3/h7-8,11H,4-6,9H2,1-3H3,(H,14,15). The van der Waals surface area contributed by atoms with E-state index in [9.17, 15) is 9.59 Å². The van der Waals surface area contributed by atoms with Crippen molar-refractivity contribution < 1.29 is 9.53 Å². The van der Waals surface area contributed by atoms with Crippen molar-refractivity contribution in [2.24, 2.45) is 0 Å². The fourth-order valence-corrected chi connectivity index (χ4v) is 1.89. The molecule has 0 spiro atoms. The van der Waals surface area contributed by atoms with Crippen LogP contribution in [-0.4, -0.2) is 35.6 Å². The lowest BCUT2D eigenvalue weighted by atomic mass is 10.1. The van der Waals surface area contributed by atoms with Crippen LogP contribution in [0.3, 0.4) is 0 Å². The highest BCUT2D eigenvalue weighted by Crippen LogP contribution is 2.10. The molecular formula is C13H21N3O3. The van der Waals surface area contributed by atoms with Crippen molar-refractivity contribution >= 4 is 11.6 Å². The highest BCUT2D eigenvalue weighted by atomic mass is 16.5. The molecule has 0 saturated heterocycles. The summed E-state index contributed by atoms with van der Waals surface area (Å²) in [5, 5.41) is 2.97. The van der Waals surface area contributed by atoms with Gasteiger partial charge in [0, 0.05) is 32.7 Å². The van der Waals surface area contributed by atoms with Gasteiger partial charge in [-0.3, -0.25) is 9.59 Å². The fourth-order valence-electron chi connectivity index (χ4n) is 1.89. The number of carbonyl (C=O) groups excluding carboxylic acids is 1. The number of nitrogens with zero attached hydrogens (tertiary/aromatic N) is 2. The second kappa shape index (κ2) is 7.68. The number of aromatic nitrogens is 2. The summed E-state index contributed by atoms with van der Waals surface area (Å²) in [4.78, 5) is 27.7. The van der Waals surface area contributed by atoms with E-state index in [0.717, 1.165) is 6.42 Å². The maximum Gasteiger partial charge on any atom is 0.293 e. The molecule has 1 rings (SSSR count). The molecule has 1 atom stereocenters. The van der Waals surface area contributed by atoms with Crippen LogP contribution in [0.4, 0.5) is 5.82 Å². The zero-order valence-corrected chi connectivity index (χ0v) is 11.7. The number of methoxy groups -OCH3 is 1. The van der Waals surface area contributed by atoms with E-state index in [1.54, 1.807) is 13.3 Å². The molecule has 0 aliphatic rings. The van der Waals surface area contributed by atoms with E-state index >= 15 is 0 Å². The number of ether oxygens (including phenoxy) is 1. The lowest BCUT2D eigenvalue weighted by Crippen LogP contribution is -2.30. The van der Waals surface area contributed by atoms with E-state index < -0.39 is 6.04 Å². The molecule has 0 aliphatic carbocycles. The molecule has 0 amide bonds.